The van der Waals surface area contributed by atoms with Crippen molar-refractivity contribution in [2.24, 2.45) is 0 Å². The summed E-state index contributed by atoms with van der Waals surface area (Å²) in [6.07, 6.45) is 1.69. The van der Waals surface area contributed by atoms with Gasteiger partial charge in [-0.3, -0.25) is 0 Å². The van der Waals surface area contributed by atoms with Gasteiger partial charge in [0, 0.05) is 0 Å². The van der Waals surface area contributed by atoms with Crippen LogP contribution in [0.1, 0.15) is 0 Å². The minimum absolute atomic E-state index is 1.69. The van der Waals surface area contributed by atoms with Gasteiger partial charge in [0.05, 0.1) is 0 Å². The van der Waals surface area contributed by atoms with Crippen molar-refractivity contribution in [1.29, 1.82) is 0 Å². The lowest BCUT2D eigenvalue weighted by atomic mass is 10.3. The fourth-order valence-corrected chi connectivity index (χ4v) is 0. The molecule has 0 aliphatic rings. The molecule has 0 heterocycles. The van der Waals surface area contributed by atoms with E-state index in [2.05, 4.69) is 12.6 Å². The third-order valence-corrected chi connectivity index (χ3v) is 0. The summed E-state index contributed by atoms with van der Waals surface area (Å²) in [5.74, 6) is 0. The largest absolute Gasteiger partial charge is 0.631 e. The van der Waals surface area contributed by atoms with E-state index in [0.29, 0.717) is 0 Å². The van der Waals surface area contributed by atoms with E-state index in [9.17, 15) is 0 Å². The van der Waals surface area contributed by atoms with E-state index < -0.39 is 7.32 Å². The molecule has 3 nitrogen and oxygen atoms in total. The van der Waals surface area contributed by atoms with Crippen LogP contribution in [0, 0.1) is 0 Å². The first-order valence-corrected chi connectivity index (χ1v) is 2.12. The normalized spacial score (nSPS) is 5.50. The Morgan fingerprint density at radius 1 is 1.17 bits per heavy atom. The van der Waals surface area contributed by atoms with Crippen molar-refractivity contribution >= 4 is 20.0 Å². The van der Waals surface area contributed by atoms with Crippen LogP contribution < -0.4 is 0 Å². The first kappa shape index (κ1) is 9.57. The highest BCUT2D eigenvalue weighted by Crippen LogP contribution is 1.40. The lowest BCUT2D eigenvalue weighted by Crippen LogP contribution is -2.07. The molecule has 0 unspecified atom stereocenters. The first-order chi connectivity index (χ1) is 2.73. The van der Waals surface area contributed by atoms with E-state index in [4.69, 9.17) is 15.1 Å². The summed E-state index contributed by atoms with van der Waals surface area (Å²) in [4.78, 5) is 0. The van der Waals surface area contributed by atoms with Crippen LogP contribution in [0.15, 0.2) is 0 Å². The van der Waals surface area contributed by atoms with Crippen LogP contribution in [0.3, 0.4) is 0 Å². The fourth-order valence-electron chi connectivity index (χ4n) is 0. The van der Waals surface area contributed by atoms with Crippen LogP contribution in [0.4, 0.5) is 0 Å². The summed E-state index contributed by atoms with van der Waals surface area (Å²) >= 11 is 3.53. The van der Waals surface area contributed by atoms with Crippen LogP contribution in [0.25, 0.3) is 0 Å². The van der Waals surface area contributed by atoms with E-state index in [-0.39, 0.29) is 0 Å². The van der Waals surface area contributed by atoms with Crippen molar-refractivity contribution in [1.82, 2.24) is 0 Å². The zero-order valence-corrected chi connectivity index (χ0v) is 4.26. The molecular formula is CH7BO3S. The maximum absolute atomic E-state index is 7.17. The Bertz CT molecular complexity index is 15.5. The molecule has 0 aromatic heterocycles. The average Bonchev–Trinajstić information content (AvgIpc) is 1.41. The van der Waals surface area contributed by atoms with Crippen molar-refractivity contribution in [2.75, 3.05) is 6.26 Å². The van der Waals surface area contributed by atoms with Gasteiger partial charge in [-0.1, -0.05) is 0 Å². The van der Waals surface area contributed by atoms with Crippen LogP contribution in [0.5, 0.6) is 0 Å². The summed E-state index contributed by atoms with van der Waals surface area (Å²) in [7, 11) is -2.17. The quantitative estimate of drug-likeness (QED) is 0.226. The van der Waals surface area contributed by atoms with Crippen molar-refractivity contribution in [3.05, 3.63) is 0 Å². The van der Waals surface area contributed by atoms with Crippen molar-refractivity contribution in [2.45, 2.75) is 0 Å². The summed E-state index contributed by atoms with van der Waals surface area (Å²) < 4.78 is 0. The molecule has 0 fully saturated rings. The molecule has 6 heavy (non-hydrogen) atoms. The van der Waals surface area contributed by atoms with E-state index in [1.807, 2.05) is 0 Å². The summed E-state index contributed by atoms with van der Waals surface area (Å²) in [5.41, 5.74) is 0. The second-order valence-electron chi connectivity index (χ2n) is 0.346. The maximum Gasteiger partial charge on any atom is 0.631 e. The van der Waals surface area contributed by atoms with Gasteiger partial charge in [0.15, 0.2) is 0 Å². The third kappa shape index (κ3) is 536. The SMILES string of the molecule is CS.OB(O)O. The van der Waals surface area contributed by atoms with E-state index in [0.717, 1.165) is 0 Å². The molecular weight excluding hydrogens is 103 g/mol. The fraction of sp³-hybridized carbons (Fsp3) is 1.00. The molecule has 0 aromatic carbocycles. The Morgan fingerprint density at radius 2 is 1.17 bits per heavy atom. The van der Waals surface area contributed by atoms with Crippen molar-refractivity contribution < 1.29 is 15.1 Å². The second kappa shape index (κ2) is 9.00. The Hall–Kier alpha value is 0.295. The average molecular weight is 110 g/mol. The second-order valence-corrected chi connectivity index (χ2v) is 0.346. The van der Waals surface area contributed by atoms with Gasteiger partial charge in [0.1, 0.15) is 0 Å². The Kier molecular flexibility index (Phi) is 14.3. The predicted octanol–water partition coefficient (Wildman–Crippen LogP) is -1.51. The molecule has 0 saturated carbocycles. The van der Waals surface area contributed by atoms with E-state index in [1.54, 1.807) is 6.26 Å². The Morgan fingerprint density at radius 3 is 1.17 bits per heavy atom. The molecule has 0 aliphatic heterocycles. The van der Waals surface area contributed by atoms with E-state index >= 15 is 0 Å². The highest BCUT2D eigenvalue weighted by Gasteiger charge is 1.92. The zero-order valence-electron chi connectivity index (χ0n) is 3.37. The molecule has 0 bridgehead atoms. The summed E-state index contributed by atoms with van der Waals surface area (Å²) in [6, 6.07) is 0. The molecule has 0 atom stereocenters. The van der Waals surface area contributed by atoms with Gasteiger partial charge in [-0.2, -0.15) is 12.6 Å². The van der Waals surface area contributed by atoms with Crippen LogP contribution in [0.2, 0.25) is 0 Å². The highest BCUT2D eigenvalue weighted by molar-refractivity contribution is 7.79. The molecule has 0 radical (unpaired) electrons. The number of hydrogen-bond acceptors (Lipinski definition) is 4. The van der Waals surface area contributed by atoms with Crippen LogP contribution >= 0.6 is 12.6 Å². The third-order valence-electron chi connectivity index (χ3n) is 0. The Balaban J connectivity index is 0. The molecule has 0 aliphatic carbocycles. The monoisotopic (exact) mass is 110 g/mol. The topological polar surface area (TPSA) is 60.7 Å². The van der Waals surface area contributed by atoms with Crippen LogP contribution in [-0.2, 0) is 0 Å². The maximum atomic E-state index is 7.17. The van der Waals surface area contributed by atoms with Crippen molar-refractivity contribution in [3.8, 4) is 0 Å². The molecule has 5 heteroatoms. The first-order valence-electron chi connectivity index (χ1n) is 1.22. The standard InChI is InChI=1S/CH4S.BH3O3/c1-2;2-1(3)4/h2H,1H3;2-4H. The van der Waals surface area contributed by atoms with Gasteiger partial charge in [-0.05, 0) is 6.26 Å². The smallest absolute Gasteiger partial charge is 0.402 e. The van der Waals surface area contributed by atoms with Gasteiger partial charge < -0.3 is 15.1 Å². The number of thiol groups is 1. The van der Waals surface area contributed by atoms with Gasteiger partial charge in [0.2, 0.25) is 0 Å². The Labute approximate surface area is 42.2 Å². The minimum Gasteiger partial charge on any atom is -0.402 e. The van der Waals surface area contributed by atoms with Gasteiger partial charge >= 0.3 is 7.32 Å². The van der Waals surface area contributed by atoms with Gasteiger partial charge in [0.25, 0.3) is 0 Å². The number of rotatable bonds is 0. The molecule has 0 saturated heterocycles. The summed E-state index contributed by atoms with van der Waals surface area (Å²) in [6.45, 7) is 0. The van der Waals surface area contributed by atoms with Crippen LogP contribution in [-0.4, -0.2) is 28.6 Å². The molecule has 0 aromatic rings. The predicted molar refractivity (Wildman–Crippen MR) is 27.3 cm³/mol. The zero-order chi connectivity index (χ0) is 5.58. The van der Waals surface area contributed by atoms with Gasteiger partial charge in [-0.15, -0.1) is 0 Å². The lowest BCUT2D eigenvalue weighted by molar-refractivity contribution is 0.278. The molecule has 3 N–H and O–H groups in total. The molecule has 0 rings (SSSR count). The lowest BCUT2D eigenvalue weighted by Gasteiger charge is -1.69. The summed E-state index contributed by atoms with van der Waals surface area (Å²) in [5, 5.41) is 21.5. The molecule has 0 amide bonds. The minimum atomic E-state index is -2.17. The number of hydrogen-bond donors (Lipinski definition) is 4. The van der Waals surface area contributed by atoms with Crippen molar-refractivity contribution in [3.63, 3.8) is 0 Å². The highest BCUT2D eigenvalue weighted by atomic mass is 32.1. The van der Waals surface area contributed by atoms with E-state index in [1.165, 1.54) is 0 Å². The molecule has 38 valence electrons. The molecule has 0 spiro atoms. The van der Waals surface area contributed by atoms with Gasteiger partial charge in [-0.25, -0.2) is 0 Å².